The molecule has 0 aliphatic carbocycles. The Morgan fingerprint density at radius 2 is 2.30 bits per heavy atom. The van der Waals surface area contributed by atoms with Gasteiger partial charge in [-0.3, -0.25) is 10.1 Å². The number of rotatable bonds is 2. The monoisotopic (exact) mass is 272 g/mol. The Labute approximate surface area is 117 Å². The summed E-state index contributed by atoms with van der Waals surface area (Å²) < 4.78 is 0. The fourth-order valence-corrected chi connectivity index (χ4v) is 3.27. The van der Waals surface area contributed by atoms with E-state index >= 15 is 0 Å². The highest BCUT2D eigenvalue weighted by Gasteiger charge is 2.34. The van der Waals surface area contributed by atoms with Crippen LogP contribution in [0.5, 0.6) is 0 Å². The van der Waals surface area contributed by atoms with Gasteiger partial charge in [-0.1, -0.05) is 0 Å². The number of piperidine rings is 1. The van der Waals surface area contributed by atoms with Gasteiger partial charge in [0.2, 0.25) is 0 Å². The molecule has 1 N–H and O–H groups in total. The standard InChI is InChI=1S/C14H16N4O2/c15-8-10-1-2-13(18(19)20)14(7-10)17-6-4-12-11(9-17)3-5-16-12/h1-2,7,11-12,16H,3-6,9H2. The summed E-state index contributed by atoms with van der Waals surface area (Å²) in [5.74, 6) is 0.550. The van der Waals surface area contributed by atoms with Crippen molar-refractivity contribution < 1.29 is 4.92 Å². The second-order valence-electron chi connectivity index (χ2n) is 5.42. The molecule has 2 aliphatic rings. The van der Waals surface area contributed by atoms with Crippen molar-refractivity contribution >= 4 is 11.4 Å². The van der Waals surface area contributed by atoms with Crippen LogP contribution >= 0.6 is 0 Å². The fraction of sp³-hybridized carbons (Fsp3) is 0.500. The fourth-order valence-electron chi connectivity index (χ4n) is 3.27. The third-order valence-corrected chi connectivity index (χ3v) is 4.30. The number of hydrogen-bond donors (Lipinski definition) is 1. The normalized spacial score (nSPS) is 25.1. The molecular formula is C14H16N4O2. The van der Waals surface area contributed by atoms with Crippen molar-refractivity contribution in [2.75, 3.05) is 24.5 Å². The van der Waals surface area contributed by atoms with E-state index in [1.54, 1.807) is 6.07 Å². The predicted molar refractivity (Wildman–Crippen MR) is 74.5 cm³/mol. The van der Waals surface area contributed by atoms with Crippen LogP contribution in [0.25, 0.3) is 0 Å². The molecule has 0 amide bonds. The minimum Gasteiger partial charge on any atom is -0.366 e. The van der Waals surface area contributed by atoms with Crippen LogP contribution in [-0.2, 0) is 0 Å². The van der Waals surface area contributed by atoms with Gasteiger partial charge in [0.15, 0.2) is 0 Å². The van der Waals surface area contributed by atoms with E-state index in [0.717, 1.165) is 32.5 Å². The molecule has 0 saturated carbocycles. The number of nitrogens with one attached hydrogen (secondary N) is 1. The molecule has 2 saturated heterocycles. The van der Waals surface area contributed by atoms with Crippen LogP contribution < -0.4 is 10.2 Å². The van der Waals surface area contributed by atoms with Crippen molar-refractivity contribution in [1.29, 1.82) is 5.26 Å². The number of hydrogen-bond acceptors (Lipinski definition) is 5. The lowest BCUT2D eigenvalue weighted by atomic mass is 9.93. The number of nitriles is 1. The van der Waals surface area contributed by atoms with Gasteiger partial charge in [0.1, 0.15) is 5.69 Å². The summed E-state index contributed by atoms with van der Waals surface area (Å²) in [4.78, 5) is 12.9. The van der Waals surface area contributed by atoms with Crippen molar-refractivity contribution in [2.45, 2.75) is 18.9 Å². The quantitative estimate of drug-likeness (QED) is 0.654. The number of nitro groups is 1. The summed E-state index contributed by atoms with van der Waals surface area (Å²) in [6, 6.07) is 7.19. The summed E-state index contributed by atoms with van der Waals surface area (Å²) in [5.41, 5.74) is 1.14. The maximum atomic E-state index is 11.2. The summed E-state index contributed by atoms with van der Waals surface area (Å²) in [5, 5.41) is 23.6. The average molecular weight is 272 g/mol. The molecule has 6 heteroatoms. The van der Waals surface area contributed by atoms with E-state index in [2.05, 4.69) is 16.3 Å². The second-order valence-corrected chi connectivity index (χ2v) is 5.42. The van der Waals surface area contributed by atoms with Crippen LogP contribution in [0, 0.1) is 27.4 Å². The Balaban J connectivity index is 1.92. The maximum Gasteiger partial charge on any atom is 0.292 e. The van der Waals surface area contributed by atoms with Crippen LogP contribution in [0.15, 0.2) is 18.2 Å². The van der Waals surface area contributed by atoms with Crippen molar-refractivity contribution in [3.05, 3.63) is 33.9 Å². The highest BCUT2D eigenvalue weighted by Crippen LogP contribution is 2.34. The molecule has 6 nitrogen and oxygen atoms in total. The molecule has 2 aliphatic heterocycles. The second kappa shape index (κ2) is 5.10. The first-order valence-electron chi connectivity index (χ1n) is 6.86. The van der Waals surface area contributed by atoms with E-state index in [-0.39, 0.29) is 10.6 Å². The molecule has 2 atom stereocenters. The lowest BCUT2D eigenvalue weighted by Gasteiger charge is -2.36. The number of nitro benzene ring substituents is 1. The number of nitrogens with zero attached hydrogens (tertiary/aromatic N) is 3. The highest BCUT2D eigenvalue weighted by atomic mass is 16.6. The average Bonchev–Trinajstić information content (AvgIpc) is 2.93. The molecule has 0 aromatic heterocycles. The predicted octanol–water partition coefficient (Wildman–Crippen LogP) is 1.65. The van der Waals surface area contributed by atoms with Gasteiger partial charge in [-0.25, -0.2) is 0 Å². The molecular weight excluding hydrogens is 256 g/mol. The van der Waals surface area contributed by atoms with Crippen LogP contribution in [0.4, 0.5) is 11.4 Å². The Morgan fingerprint density at radius 3 is 3.05 bits per heavy atom. The van der Waals surface area contributed by atoms with Gasteiger partial charge in [0.05, 0.1) is 16.6 Å². The molecule has 1 aromatic rings. The highest BCUT2D eigenvalue weighted by molar-refractivity contribution is 5.66. The Bertz CT molecular complexity index is 581. The molecule has 0 bridgehead atoms. The Hall–Kier alpha value is -2.13. The van der Waals surface area contributed by atoms with E-state index in [0.29, 0.717) is 23.2 Å². The van der Waals surface area contributed by atoms with Gasteiger partial charge in [-0.05, 0) is 37.4 Å². The van der Waals surface area contributed by atoms with Crippen molar-refractivity contribution in [3.63, 3.8) is 0 Å². The zero-order valence-corrected chi connectivity index (χ0v) is 11.1. The molecule has 0 radical (unpaired) electrons. The van der Waals surface area contributed by atoms with E-state index in [1.807, 2.05) is 0 Å². The van der Waals surface area contributed by atoms with Crippen molar-refractivity contribution in [1.82, 2.24) is 5.32 Å². The Kier molecular flexibility index (Phi) is 3.28. The maximum absolute atomic E-state index is 11.2. The summed E-state index contributed by atoms with van der Waals surface area (Å²) >= 11 is 0. The van der Waals surface area contributed by atoms with Gasteiger partial charge >= 0.3 is 0 Å². The molecule has 0 spiro atoms. The lowest BCUT2D eigenvalue weighted by Crippen LogP contribution is -2.44. The number of anilines is 1. The van der Waals surface area contributed by atoms with E-state index in [9.17, 15) is 10.1 Å². The summed E-state index contributed by atoms with van der Waals surface area (Å²) in [6.07, 6.45) is 2.12. The third kappa shape index (κ3) is 2.21. The van der Waals surface area contributed by atoms with E-state index in [4.69, 9.17) is 5.26 Å². The van der Waals surface area contributed by atoms with Crippen LogP contribution in [0.1, 0.15) is 18.4 Å². The minimum absolute atomic E-state index is 0.0911. The minimum atomic E-state index is -0.366. The van der Waals surface area contributed by atoms with E-state index in [1.165, 1.54) is 12.1 Å². The van der Waals surface area contributed by atoms with Crippen molar-refractivity contribution in [2.24, 2.45) is 5.92 Å². The smallest absolute Gasteiger partial charge is 0.292 e. The molecule has 2 unspecified atom stereocenters. The summed E-state index contributed by atoms with van der Waals surface area (Å²) in [6.45, 7) is 2.65. The van der Waals surface area contributed by atoms with Gasteiger partial charge in [-0.15, -0.1) is 0 Å². The van der Waals surface area contributed by atoms with Gasteiger partial charge in [0.25, 0.3) is 5.69 Å². The third-order valence-electron chi connectivity index (χ3n) is 4.30. The van der Waals surface area contributed by atoms with Gasteiger partial charge in [0, 0.05) is 25.2 Å². The van der Waals surface area contributed by atoms with Crippen LogP contribution in [0.3, 0.4) is 0 Å². The topological polar surface area (TPSA) is 82.2 Å². The summed E-state index contributed by atoms with van der Waals surface area (Å²) in [7, 11) is 0. The first kappa shape index (κ1) is 12.9. The molecule has 1 aromatic carbocycles. The van der Waals surface area contributed by atoms with Gasteiger partial charge < -0.3 is 10.2 Å². The zero-order valence-electron chi connectivity index (χ0n) is 11.1. The van der Waals surface area contributed by atoms with Crippen LogP contribution in [-0.4, -0.2) is 30.6 Å². The first-order valence-corrected chi connectivity index (χ1v) is 6.86. The number of benzene rings is 1. The molecule has 2 fully saturated rings. The first-order chi connectivity index (χ1) is 9.69. The molecule has 2 heterocycles. The lowest BCUT2D eigenvalue weighted by molar-refractivity contribution is -0.384. The molecule has 3 rings (SSSR count). The van der Waals surface area contributed by atoms with Crippen LogP contribution in [0.2, 0.25) is 0 Å². The number of fused-ring (bicyclic) bond motifs is 1. The van der Waals surface area contributed by atoms with Crippen molar-refractivity contribution in [3.8, 4) is 6.07 Å². The zero-order chi connectivity index (χ0) is 14.1. The van der Waals surface area contributed by atoms with E-state index < -0.39 is 0 Å². The Morgan fingerprint density at radius 1 is 1.45 bits per heavy atom. The molecule has 20 heavy (non-hydrogen) atoms. The molecule has 104 valence electrons. The SMILES string of the molecule is N#Cc1ccc([N+](=O)[O-])c(N2CCC3NCCC3C2)c1. The largest absolute Gasteiger partial charge is 0.366 e. The van der Waals surface area contributed by atoms with Gasteiger partial charge in [-0.2, -0.15) is 5.26 Å².